The van der Waals surface area contributed by atoms with E-state index >= 15 is 0 Å². The van der Waals surface area contributed by atoms with Crippen molar-refractivity contribution in [2.45, 2.75) is 50.9 Å². The molecule has 2 aliphatic carbocycles. The molecule has 2 aliphatic rings. The van der Waals surface area contributed by atoms with E-state index in [1.807, 2.05) is 6.66 Å². The fourth-order valence-electron chi connectivity index (χ4n) is 5.05. The van der Waals surface area contributed by atoms with Gasteiger partial charge in [-0.05, 0) is 0 Å². The second kappa shape index (κ2) is 6.86. The Hall–Kier alpha value is 0.627. The summed E-state index contributed by atoms with van der Waals surface area (Å²) >= 11 is -3.14. The van der Waals surface area contributed by atoms with Crippen molar-refractivity contribution in [3.8, 4) is 0 Å². The zero-order chi connectivity index (χ0) is 15.5. The largest absolute Gasteiger partial charge is 1.00 e. The van der Waals surface area contributed by atoms with Crippen LogP contribution in [-0.4, -0.2) is 6.94 Å². The maximum atomic E-state index is 2.67. The molecule has 0 aromatic heterocycles. The van der Waals surface area contributed by atoms with Crippen LogP contribution in [0.15, 0.2) is 41.1 Å². The number of rotatable bonds is 2. The first-order valence-electron chi connectivity index (χ1n) is 7.82. The van der Waals surface area contributed by atoms with Gasteiger partial charge in [-0.3, -0.25) is 0 Å². The molecule has 0 amide bonds. The number of hydrogen-bond donors (Lipinski definition) is 0. The quantitative estimate of drug-likeness (QED) is 0.411. The first-order chi connectivity index (χ1) is 8.96. The summed E-state index contributed by atoms with van der Waals surface area (Å²) in [6.45, 7) is 16.5. The van der Waals surface area contributed by atoms with Crippen LogP contribution in [0.25, 0.3) is 0 Å². The molecule has 0 radical (unpaired) electrons. The zero-order valence-electron chi connectivity index (χ0n) is 15.3. The van der Waals surface area contributed by atoms with E-state index in [4.69, 9.17) is 0 Å². The Morgan fingerprint density at radius 2 is 1.45 bits per heavy atom. The molecule has 124 valence electrons. The first-order valence-corrected chi connectivity index (χ1v) is 26.9. The van der Waals surface area contributed by atoms with E-state index in [0.717, 1.165) is 0 Å². The standard InChI is InChI=1S/2C8H11.2CH3.2ClH.Hf.H2Si/c2*1-6-4-7(2)8(3)5-6;;;;;;/h4,8H,1-3H3;4,6H,1-3H3;2*1H3;2*1H;;1H2/q;;;;;;+2;/p-2. The maximum absolute atomic E-state index is 3.14. The molecule has 0 heterocycles. The second-order valence-electron chi connectivity index (χ2n) is 8.07. The van der Waals surface area contributed by atoms with E-state index in [2.05, 4.69) is 70.0 Å². The van der Waals surface area contributed by atoms with Crippen molar-refractivity contribution < 1.29 is 41.9 Å². The zero-order valence-corrected chi connectivity index (χ0v) is 21.8. The average molecular weight is 524 g/mol. The van der Waals surface area contributed by atoms with Crippen molar-refractivity contribution in [2.24, 2.45) is 11.8 Å². The Bertz CT molecular complexity index is 671. The van der Waals surface area contributed by atoms with Crippen molar-refractivity contribution in [1.29, 1.82) is 0 Å². The van der Waals surface area contributed by atoms with Crippen molar-refractivity contribution >= 4 is 6.94 Å². The van der Waals surface area contributed by atoms with Crippen molar-refractivity contribution in [3.63, 3.8) is 0 Å². The fraction of sp³-hybridized carbons (Fsp3) is 0.556. The minimum atomic E-state index is -3.14. The molecule has 0 aromatic carbocycles. The predicted molar refractivity (Wildman–Crippen MR) is 91.5 cm³/mol. The van der Waals surface area contributed by atoms with Gasteiger partial charge in [0.1, 0.15) is 0 Å². The molecule has 2 rings (SSSR count). The Labute approximate surface area is 151 Å². The van der Waals surface area contributed by atoms with Crippen molar-refractivity contribution in [2.75, 3.05) is 0 Å². The van der Waals surface area contributed by atoms with Crippen LogP contribution in [0.4, 0.5) is 0 Å². The van der Waals surface area contributed by atoms with Gasteiger partial charge in [0.15, 0.2) is 0 Å². The predicted octanol–water partition coefficient (Wildman–Crippen LogP) is -0.932. The van der Waals surface area contributed by atoms with E-state index in [0.29, 0.717) is 11.8 Å². The monoisotopic (exact) mass is 524 g/mol. The third-order valence-electron chi connectivity index (χ3n) is 5.66. The molecular weight excluding hydrogens is 494 g/mol. The maximum Gasteiger partial charge on any atom is -1.00 e. The number of halogens is 2. The molecule has 0 aromatic rings. The van der Waals surface area contributed by atoms with Crippen LogP contribution in [-0.2, 0) is 17.1 Å². The van der Waals surface area contributed by atoms with Crippen LogP contribution in [0.2, 0.25) is 9.36 Å². The summed E-state index contributed by atoms with van der Waals surface area (Å²) in [6, 6.07) is 0. The van der Waals surface area contributed by atoms with Crippen LogP contribution in [0, 0.1) is 11.8 Å². The Kier molecular flexibility index (Phi) is 7.05. The molecule has 4 heteroatoms. The van der Waals surface area contributed by atoms with Crippen LogP contribution < -0.4 is 24.8 Å². The molecular formula is C18H30Cl2HfSi. The van der Waals surface area contributed by atoms with Gasteiger partial charge in [-0.25, -0.2) is 0 Å². The molecule has 0 nitrogen and oxygen atoms in total. The SMILES string of the molecule is CC1=CC(C)[C]([Hf+2]([CH3])([CH3])(=[SiH2])[C]2=C(C)C=C(C)C2C)=C1C.[Cl-].[Cl-]. The van der Waals surface area contributed by atoms with Crippen molar-refractivity contribution in [1.82, 2.24) is 0 Å². The number of hydrogen-bond acceptors (Lipinski definition) is 0. The molecule has 0 aliphatic heterocycles. The Morgan fingerprint density at radius 3 is 1.77 bits per heavy atom. The van der Waals surface area contributed by atoms with Gasteiger partial charge in [-0.1, -0.05) is 0 Å². The smallest absolute Gasteiger partial charge is 1.00 e. The summed E-state index contributed by atoms with van der Waals surface area (Å²) in [7, 11) is 0. The molecule has 0 N–H and O–H groups in total. The minimum absolute atomic E-state index is 0. The third kappa shape index (κ3) is 3.36. The van der Waals surface area contributed by atoms with Crippen LogP contribution >= 0.6 is 0 Å². The summed E-state index contributed by atoms with van der Waals surface area (Å²) in [6.07, 6.45) is 4.92. The summed E-state index contributed by atoms with van der Waals surface area (Å²) in [5.74, 6) is 1.30. The minimum Gasteiger partial charge on any atom is -1.00 e. The van der Waals surface area contributed by atoms with Gasteiger partial charge in [-0.15, -0.1) is 0 Å². The van der Waals surface area contributed by atoms with E-state index in [-0.39, 0.29) is 24.8 Å². The van der Waals surface area contributed by atoms with Gasteiger partial charge in [0.25, 0.3) is 0 Å². The Balaban J connectivity index is 0.00000220. The molecule has 2 atom stereocenters. The van der Waals surface area contributed by atoms with E-state index in [9.17, 15) is 0 Å². The van der Waals surface area contributed by atoms with Crippen LogP contribution in [0.3, 0.4) is 0 Å². The molecule has 0 saturated heterocycles. The van der Waals surface area contributed by atoms with Crippen molar-refractivity contribution in [3.05, 3.63) is 41.1 Å². The second-order valence-corrected chi connectivity index (χ2v) is 48.6. The summed E-state index contributed by atoms with van der Waals surface area (Å²) in [5, 5.41) is 0. The fourth-order valence-corrected chi connectivity index (χ4v) is 36.9. The average Bonchev–Trinajstić information content (AvgIpc) is 2.65. The van der Waals surface area contributed by atoms with Crippen LogP contribution in [0.1, 0.15) is 41.5 Å². The topological polar surface area (TPSA) is 0 Å². The third-order valence-corrected chi connectivity index (χ3v) is 30.3. The normalized spacial score (nSPS) is 24.5. The molecule has 0 bridgehead atoms. The van der Waals surface area contributed by atoms with Gasteiger partial charge < -0.3 is 24.8 Å². The van der Waals surface area contributed by atoms with Gasteiger partial charge in [0, 0.05) is 0 Å². The first kappa shape index (κ1) is 22.6. The molecule has 0 saturated carbocycles. The molecule has 2 unspecified atom stereocenters. The van der Waals surface area contributed by atoms with Gasteiger partial charge in [-0.2, -0.15) is 0 Å². The summed E-state index contributed by atoms with van der Waals surface area (Å²) < 4.78 is 9.00. The summed E-state index contributed by atoms with van der Waals surface area (Å²) in [5.41, 5.74) is 6.25. The van der Waals surface area contributed by atoms with E-state index < -0.39 is 17.1 Å². The van der Waals surface area contributed by atoms with Crippen LogP contribution in [0.5, 0.6) is 0 Å². The summed E-state index contributed by atoms with van der Waals surface area (Å²) in [4.78, 5) is 0. The molecule has 22 heavy (non-hydrogen) atoms. The van der Waals surface area contributed by atoms with Gasteiger partial charge in [0.2, 0.25) is 0 Å². The number of allylic oxidation sites excluding steroid dienone is 8. The molecule has 0 spiro atoms. The van der Waals surface area contributed by atoms with E-state index in [1.165, 1.54) is 5.57 Å². The van der Waals surface area contributed by atoms with E-state index in [1.54, 1.807) is 16.7 Å². The Morgan fingerprint density at radius 1 is 0.955 bits per heavy atom. The van der Waals surface area contributed by atoms with Gasteiger partial charge >= 0.3 is 128 Å². The molecule has 0 fully saturated rings. The van der Waals surface area contributed by atoms with Gasteiger partial charge in [0.05, 0.1) is 0 Å².